The molecule has 0 atom stereocenters. The summed E-state index contributed by atoms with van der Waals surface area (Å²) in [5.41, 5.74) is 2.64. The summed E-state index contributed by atoms with van der Waals surface area (Å²) in [6, 6.07) is 0. The zero-order valence-electron chi connectivity index (χ0n) is 6.67. The summed E-state index contributed by atoms with van der Waals surface area (Å²) in [5, 5.41) is 1.57. The number of hydrogen-bond acceptors (Lipinski definition) is 4. The summed E-state index contributed by atoms with van der Waals surface area (Å²) < 4.78 is 12.9. The van der Waals surface area contributed by atoms with E-state index in [9.17, 15) is 4.39 Å². The highest BCUT2D eigenvalue weighted by atomic mass is 35.5. The molecule has 6 heteroatoms. The van der Waals surface area contributed by atoms with Crippen molar-refractivity contribution in [1.29, 1.82) is 0 Å². The van der Waals surface area contributed by atoms with E-state index >= 15 is 0 Å². The third-order valence-corrected chi connectivity index (χ3v) is 1.23. The Hall–Kier alpha value is -0.940. The number of nitrogens with one attached hydrogen (secondary N) is 1. The molecule has 0 unspecified atom stereocenters. The van der Waals surface area contributed by atoms with Crippen LogP contribution in [0.25, 0.3) is 0 Å². The summed E-state index contributed by atoms with van der Waals surface area (Å²) in [6.45, 7) is 0. The minimum absolute atomic E-state index is 0.0146. The van der Waals surface area contributed by atoms with Crippen LogP contribution in [0.4, 0.5) is 10.2 Å². The first-order valence-electron chi connectivity index (χ1n) is 3.21. The van der Waals surface area contributed by atoms with Crippen LogP contribution in [0, 0.1) is 5.82 Å². The van der Waals surface area contributed by atoms with Crippen molar-refractivity contribution in [2.45, 2.75) is 0 Å². The average molecular weight is 191 g/mol. The molecular formula is C6H8ClFN4. The summed E-state index contributed by atoms with van der Waals surface area (Å²) in [4.78, 5) is 7.11. The van der Waals surface area contributed by atoms with Crippen LogP contribution in [0.3, 0.4) is 0 Å². The van der Waals surface area contributed by atoms with E-state index in [1.165, 1.54) is 0 Å². The van der Waals surface area contributed by atoms with E-state index in [4.69, 9.17) is 11.6 Å². The van der Waals surface area contributed by atoms with Crippen molar-refractivity contribution in [1.82, 2.24) is 15.0 Å². The standard InChI is InChI=1S/C6H8ClFN4/c1-12(2)11-5-4(8)3-9-6(7)10-5/h3H,1-2H3,(H,9,10,11). The third-order valence-electron chi connectivity index (χ3n) is 1.04. The maximum absolute atomic E-state index is 12.9. The van der Waals surface area contributed by atoms with Crippen molar-refractivity contribution >= 4 is 17.4 Å². The van der Waals surface area contributed by atoms with E-state index in [0.29, 0.717) is 0 Å². The van der Waals surface area contributed by atoms with Gasteiger partial charge in [-0.1, -0.05) is 0 Å². The van der Waals surface area contributed by atoms with Crippen LogP contribution in [0.2, 0.25) is 5.28 Å². The van der Waals surface area contributed by atoms with Gasteiger partial charge >= 0.3 is 0 Å². The fourth-order valence-electron chi connectivity index (χ4n) is 0.636. The molecule has 4 nitrogen and oxygen atoms in total. The minimum Gasteiger partial charge on any atom is -0.301 e. The molecule has 0 aliphatic carbocycles. The smallest absolute Gasteiger partial charge is 0.224 e. The highest BCUT2D eigenvalue weighted by Crippen LogP contribution is 2.11. The Morgan fingerprint density at radius 1 is 1.58 bits per heavy atom. The molecule has 1 rings (SSSR count). The lowest BCUT2D eigenvalue weighted by molar-refractivity contribution is 0.482. The molecular weight excluding hydrogens is 183 g/mol. The number of halogens is 2. The molecule has 0 fully saturated rings. The summed E-state index contributed by atoms with van der Waals surface area (Å²) in [7, 11) is 3.44. The molecule has 0 bridgehead atoms. The lowest BCUT2D eigenvalue weighted by Crippen LogP contribution is -2.21. The highest BCUT2D eigenvalue weighted by molar-refractivity contribution is 6.28. The van der Waals surface area contributed by atoms with Gasteiger partial charge in [0.05, 0.1) is 6.20 Å². The normalized spacial score (nSPS) is 10.4. The van der Waals surface area contributed by atoms with Crippen molar-refractivity contribution in [3.8, 4) is 0 Å². The van der Waals surface area contributed by atoms with Crippen LogP contribution in [0.1, 0.15) is 0 Å². The molecule has 0 aromatic carbocycles. The van der Waals surface area contributed by atoms with Gasteiger partial charge in [-0.15, -0.1) is 0 Å². The first kappa shape index (κ1) is 9.15. The monoisotopic (exact) mass is 190 g/mol. The van der Waals surface area contributed by atoms with E-state index in [1.54, 1.807) is 19.1 Å². The van der Waals surface area contributed by atoms with Crippen LogP contribution in [-0.4, -0.2) is 29.1 Å². The molecule has 1 aromatic heterocycles. The largest absolute Gasteiger partial charge is 0.301 e. The summed E-state index contributed by atoms with van der Waals surface area (Å²) >= 11 is 5.45. The van der Waals surface area contributed by atoms with Gasteiger partial charge in [-0.2, -0.15) is 4.98 Å². The first-order valence-corrected chi connectivity index (χ1v) is 3.59. The lowest BCUT2D eigenvalue weighted by Gasteiger charge is -2.12. The van der Waals surface area contributed by atoms with Gasteiger partial charge in [0.2, 0.25) is 5.28 Å². The van der Waals surface area contributed by atoms with Gasteiger partial charge in [0, 0.05) is 14.1 Å². The molecule has 0 aliphatic heterocycles. The highest BCUT2D eigenvalue weighted by Gasteiger charge is 2.05. The fraction of sp³-hybridized carbons (Fsp3) is 0.333. The Balaban J connectivity index is 2.90. The molecule has 1 heterocycles. The summed E-state index contributed by atoms with van der Waals surface area (Å²) in [5.74, 6) is -0.465. The average Bonchev–Trinajstić information content (AvgIpc) is 1.96. The fourth-order valence-corrected chi connectivity index (χ4v) is 0.769. The van der Waals surface area contributed by atoms with Gasteiger partial charge in [0.15, 0.2) is 11.6 Å². The third kappa shape index (κ3) is 2.28. The van der Waals surface area contributed by atoms with E-state index in [-0.39, 0.29) is 11.1 Å². The van der Waals surface area contributed by atoms with Gasteiger partial charge in [-0.3, -0.25) is 0 Å². The van der Waals surface area contributed by atoms with E-state index in [0.717, 1.165) is 6.20 Å². The molecule has 0 aliphatic rings. The zero-order chi connectivity index (χ0) is 9.14. The maximum Gasteiger partial charge on any atom is 0.224 e. The van der Waals surface area contributed by atoms with Crippen molar-refractivity contribution < 1.29 is 4.39 Å². The van der Waals surface area contributed by atoms with Crippen LogP contribution in [0.5, 0.6) is 0 Å². The predicted molar refractivity (Wildman–Crippen MR) is 44.3 cm³/mol. The van der Waals surface area contributed by atoms with Crippen molar-refractivity contribution in [2.24, 2.45) is 0 Å². The number of rotatable bonds is 2. The van der Waals surface area contributed by atoms with Gasteiger partial charge in [0.25, 0.3) is 0 Å². The molecule has 0 amide bonds. The zero-order valence-corrected chi connectivity index (χ0v) is 7.43. The molecule has 0 radical (unpaired) electrons. The van der Waals surface area contributed by atoms with Crippen LogP contribution in [0.15, 0.2) is 6.20 Å². The van der Waals surface area contributed by atoms with E-state index in [2.05, 4.69) is 15.4 Å². The Morgan fingerprint density at radius 2 is 2.25 bits per heavy atom. The van der Waals surface area contributed by atoms with Gasteiger partial charge < -0.3 is 5.43 Å². The SMILES string of the molecule is CN(C)Nc1nc(Cl)ncc1F. The van der Waals surface area contributed by atoms with Crippen molar-refractivity contribution in [2.75, 3.05) is 19.5 Å². The maximum atomic E-state index is 12.9. The molecule has 0 spiro atoms. The topological polar surface area (TPSA) is 41.0 Å². The second-order valence-corrected chi connectivity index (χ2v) is 2.68. The molecule has 1 aromatic rings. The number of hydrogen-bond donors (Lipinski definition) is 1. The van der Waals surface area contributed by atoms with Gasteiger partial charge in [-0.05, 0) is 11.6 Å². The predicted octanol–water partition coefficient (Wildman–Crippen LogP) is 1.16. The number of anilines is 1. The second-order valence-electron chi connectivity index (χ2n) is 2.34. The minimum atomic E-state index is -0.534. The van der Waals surface area contributed by atoms with Crippen LogP contribution >= 0.6 is 11.6 Å². The van der Waals surface area contributed by atoms with E-state index < -0.39 is 5.82 Å². The molecule has 0 saturated carbocycles. The number of aromatic nitrogens is 2. The quantitative estimate of drug-likeness (QED) is 0.561. The molecule has 12 heavy (non-hydrogen) atoms. The van der Waals surface area contributed by atoms with Crippen molar-refractivity contribution in [3.63, 3.8) is 0 Å². The molecule has 0 saturated heterocycles. The molecule has 66 valence electrons. The Bertz CT molecular complexity index is 278. The van der Waals surface area contributed by atoms with Crippen molar-refractivity contribution in [3.05, 3.63) is 17.3 Å². The van der Waals surface area contributed by atoms with Gasteiger partial charge in [0.1, 0.15) is 0 Å². The summed E-state index contributed by atoms with van der Waals surface area (Å²) in [6.07, 6.45) is 1.02. The van der Waals surface area contributed by atoms with Crippen LogP contribution in [-0.2, 0) is 0 Å². The Morgan fingerprint density at radius 3 is 2.83 bits per heavy atom. The number of hydrazine groups is 1. The Labute approximate surface area is 74.3 Å². The number of nitrogens with zero attached hydrogens (tertiary/aromatic N) is 3. The Kier molecular flexibility index (Phi) is 2.78. The van der Waals surface area contributed by atoms with Gasteiger partial charge in [-0.25, -0.2) is 14.4 Å². The lowest BCUT2D eigenvalue weighted by atomic mass is 10.6. The van der Waals surface area contributed by atoms with E-state index in [1.807, 2.05) is 0 Å². The molecule has 1 N–H and O–H groups in total. The first-order chi connectivity index (χ1) is 5.59. The second kappa shape index (κ2) is 3.64. The van der Waals surface area contributed by atoms with Crippen LogP contribution < -0.4 is 5.43 Å².